The van der Waals surface area contributed by atoms with Crippen molar-refractivity contribution in [2.45, 2.75) is 33.7 Å². The summed E-state index contributed by atoms with van der Waals surface area (Å²) in [6.07, 6.45) is 0.581. The lowest BCUT2D eigenvalue weighted by Crippen LogP contribution is -2.42. The van der Waals surface area contributed by atoms with E-state index in [1.807, 2.05) is 38.1 Å². The summed E-state index contributed by atoms with van der Waals surface area (Å²) in [7, 11) is -0.968. The van der Waals surface area contributed by atoms with Crippen molar-refractivity contribution in [2.75, 3.05) is 33.9 Å². The van der Waals surface area contributed by atoms with Crippen LogP contribution in [0.1, 0.15) is 29.5 Å². The molecule has 10 heteroatoms. The van der Waals surface area contributed by atoms with Gasteiger partial charge in [0.1, 0.15) is 18.1 Å². The standard InChI is InChI=1S/C26H33N3O6S/c1-6-33-25(30)18-29(36(31,32)28(4)5)17-21-9-13-23(14-10-21)34-16-15-24-20(3)35-26(27-24)22-11-7-19(2)8-12-22/h7-14H,6,15-18H2,1-5H3. The van der Waals surface area contributed by atoms with Crippen LogP contribution >= 0.6 is 0 Å². The number of rotatable bonds is 12. The van der Waals surface area contributed by atoms with E-state index in [2.05, 4.69) is 4.98 Å². The van der Waals surface area contributed by atoms with Gasteiger partial charge >= 0.3 is 5.97 Å². The Kier molecular flexibility index (Phi) is 9.25. The van der Waals surface area contributed by atoms with Gasteiger partial charge in [0.2, 0.25) is 5.89 Å². The summed E-state index contributed by atoms with van der Waals surface area (Å²) in [5.41, 5.74) is 3.66. The number of aryl methyl sites for hydroxylation is 2. The zero-order valence-corrected chi connectivity index (χ0v) is 22.2. The zero-order chi connectivity index (χ0) is 26.3. The minimum Gasteiger partial charge on any atom is -0.493 e. The van der Waals surface area contributed by atoms with Gasteiger partial charge in [-0.05, 0) is 50.6 Å². The normalized spacial score (nSPS) is 11.8. The van der Waals surface area contributed by atoms with Crippen LogP contribution in [-0.2, 0) is 32.7 Å². The molecule has 0 fully saturated rings. The predicted molar refractivity (Wildman–Crippen MR) is 137 cm³/mol. The van der Waals surface area contributed by atoms with Crippen molar-refractivity contribution in [2.24, 2.45) is 0 Å². The van der Waals surface area contributed by atoms with Crippen LogP contribution in [-0.4, -0.2) is 61.8 Å². The van der Waals surface area contributed by atoms with Crippen molar-refractivity contribution >= 4 is 16.2 Å². The summed E-state index contributed by atoms with van der Waals surface area (Å²) in [6, 6.07) is 15.1. The first-order valence-electron chi connectivity index (χ1n) is 11.7. The molecular formula is C26H33N3O6S. The molecule has 1 aromatic heterocycles. The molecular weight excluding hydrogens is 482 g/mol. The molecule has 0 unspecified atom stereocenters. The van der Waals surface area contributed by atoms with E-state index >= 15 is 0 Å². The van der Waals surface area contributed by atoms with Crippen molar-refractivity contribution in [3.8, 4) is 17.2 Å². The number of hydrogen-bond acceptors (Lipinski definition) is 7. The topological polar surface area (TPSA) is 102 Å². The van der Waals surface area contributed by atoms with Gasteiger partial charge < -0.3 is 13.9 Å². The monoisotopic (exact) mass is 515 g/mol. The summed E-state index contributed by atoms with van der Waals surface area (Å²) >= 11 is 0. The Labute approximate surface area is 212 Å². The number of carbonyl (C=O) groups excluding carboxylic acids is 1. The van der Waals surface area contributed by atoms with Crippen LogP contribution < -0.4 is 4.74 Å². The molecule has 0 saturated carbocycles. The summed E-state index contributed by atoms with van der Waals surface area (Å²) in [6.45, 7) is 5.84. The van der Waals surface area contributed by atoms with E-state index in [9.17, 15) is 13.2 Å². The third-order valence-electron chi connectivity index (χ3n) is 5.48. The first-order valence-corrected chi connectivity index (χ1v) is 13.1. The third kappa shape index (κ3) is 7.16. The Bertz CT molecular complexity index is 1250. The van der Waals surface area contributed by atoms with Crippen molar-refractivity contribution < 1.29 is 27.1 Å². The average Bonchev–Trinajstić information content (AvgIpc) is 3.20. The van der Waals surface area contributed by atoms with Gasteiger partial charge in [-0.2, -0.15) is 17.0 Å². The van der Waals surface area contributed by atoms with Gasteiger partial charge in [0.05, 0.1) is 18.9 Å². The Morgan fingerprint density at radius 3 is 2.31 bits per heavy atom. The van der Waals surface area contributed by atoms with Crippen molar-refractivity contribution in [3.05, 3.63) is 71.1 Å². The number of nitrogens with zero attached hydrogens (tertiary/aromatic N) is 3. The minimum atomic E-state index is -3.81. The van der Waals surface area contributed by atoms with E-state index in [0.29, 0.717) is 30.2 Å². The highest BCUT2D eigenvalue weighted by Gasteiger charge is 2.27. The molecule has 0 radical (unpaired) electrons. The van der Waals surface area contributed by atoms with E-state index in [4.69, 9.17) is 13.9 Å². The third-order valence-corrected chi connectivity index (χ3v) is 7.31. The van der Waals surface area contributed by atoms with E-state index in [-0.39, 0.29) is 19.7 Å². The molecule has 0 saturated heterocycles. The molecule has 1 heterocycles. The molecule has 0 spiro atoms. The number of aromatic nitrogens is 1. The zero-order valence-electron chi connectivity index (χ0n) is 21.4. The van der Waals surface area contributed by atoms with Crippen LogP contribution in [0.4, 0.5) is 0 Å². The SMILES string of the molecule is CCOC(=O)CN(Cc1ccc(OCCc2nc(-c3ccc(C)cc3)oc2C)cc1)S(=O)(=O)N(C)C. The number of oxazole rings is 1. The summed E-state index contributed by atoms with van der Waals surface area (Å²) < 4.78 is 44.1. The van der Waals surface area contributed by atoms with Gasteiger partial charge in [-0.1, -0.05) is 29.8 Å². The highest BCUT2D eigenvalue weighted by Crippen LogP contribution is 2.23. The molecule has 0 amide bonds. The fraction of sp³-hybridized carbons (Fsp3) is 0.385. The highest BCUT2D eigenvalue weighted by molar-refractivity contribution is 7.86. The number of hydrogen-bond donors (Lipinski definition) is 0. The molecule has 194 valence electrons. The lowest BCUT2D eigenvalue weighted by Gasteiger charge is -2.24. The van der Waals surface area contributed by atoms with E-state index in [0.717, 1.165) is 25.6 Å². The summed E-state index contributed by atoms with van der Waals surface area (Å²) in [5, 5.41) is 0. The molecule has 0 aliphatic rings. The van der Waals surface area contributed by atoms with Gasteiger partial charge in [0, 0.05) is 32.6 Å². The molecule has 0 aliphatic carbocycles. The van der Waals surface area contributed by atoms with Crippen LogP contribution in [0.5, 0.6) is 5.75 Å². The summed E-state index contributed by atoms with van der Waals surface area (Å²) in [5.74, 6) is 1.39. The average molecular weight is 516 g/mol. The molecule has 2 aromatic carbocycles. The van der Waals surface area contributed by atoms with Crippen molar-refractivity contribution in [1.82, 2.24) is 13.6 Å². The lowest BCUT2D eigenvalue weighted by atomic mass is 10.1. The number of carbonyl (C=O) groups is 1. The molecule has 0 aliphatic heterocycles. The Morgan fingerprint density at radius 2 is 1.69 bits per heavy atom. The fourth-order valence-electron chi connectivity index (χ4n) is 3.44. The van der Waals surface area contributed by atoms with Crippen molar-refractivity contribution in [3.63, 3.8) is 0 Å². The van der Waals surface area contributed by atoms with Gasteiger partial charge in [-0.3, -0.25) is 4.79 Å². The molecule has 3 rings (SSSR count). The lowest BCUT2D eigenvalue weighted by molar-refractivity contribution is -0.143. The van der Waals surface area contributed by atoms with Crippen LogP contribution in [0.25, 0.3) is 11.5 Å². The van der Waals surface area contributed by atoms with Gasteiger partial charge in [0.15, 0.2) is 0 Å². The first-order chi connectivity index (χ1) is 17.1. The van der Waals surface area contributed by atoms with Gasteiger partial charge in [0.25, 0.3) is 10.2 Å². The maximum atomic E-state index is 12.7. The van der Waals surface area contributed by atoms with Crippen LogP contribution in [0, 0.1) is 13.8 Å². The molecule has 0 bridgehead atoms. The second-order valence-corrected chi connectivity index (χ2v) is 10.6. The van der Waals surface area contributed by atoms with Crippen molar-refractivity contribution in [1.29, 1.82) is 0 Å². The highest BCUT2D eigenvalue weighted by atomic mass is 32.2. The van der Waals surface area contributed by atoms with Crippen LogP contribution in [0.2, 0.25) is 0 Å². The summed E-state index contributed by atoms with van der Waals surface area (Å²) in [4.78, 5) is 16.6. The van der Waals surface area contributed by atoms with E-state index in [1.54, 1.807) is 31.2 Å². The number of esters is 1. The quantitative estimate of drug-likeness (QED) is 0.339. The van der Waals surface area contributed by atoms with Gasteiger partial charge in [-0.25, -0.2) is 4.98 Å². The predicted octanol–water partition coefficient (Wildman–Crippen LogP) is 3.75. The molecule has 0 N–H and O–H groups in total. The maximum Gasteiger partial charge on any atom is 0.321 e. The van der Waals surface area contributed by atoms with E-state index < -0.39 is 16.2 Å². The second kappa shape index (κ2) is 12.2. The molecule has 3 aromatic rings. The first kappa shape index (κ1) is 27.4. The Morgan fingerprint density at radius 1 is 1.03 bits per heavy atom. The van der Waals surface area contributed by atoms with Crippen LogP contribution in [0.15, 0.2) is 52.9 Å². The number of ether oxygens (including phenoxy) is 2. The minimum absolute atomic E-state index is 0.0273. The smallest absolute Gasteiger partial charge is 0.321 e. The fourth-order valence-corrected chi connectivity index (χ4v) is 4.48. The Hall–Kier alpha value is -3.21. The Balaban J connectivity index is 1.59. The van der Waals surface area contributed by atoms with E-state index in [1.165, 1.54) is 19.7 Å². The second-order valence-electron chi connectivity index (χ2n) is 8.49. The largest absolute Gasteiger partial charge is 0.493 e. The number of benzene rings is 2. The molecule has 0 atom stereocenters. The molecule has 36 heavy (non-hydrogen) atoms. The van der Waals surface area contributed by atoms with Gasteiger partial charge in [-0.15, -0.1) is 0 Å². The molecule has 9 nitrogen and oxygen atoms in total. The van der Waals surface area contributed by atoms with Crippen LogP contribution in [0.3, 0.4) is 0 Å². The maximum absolute atomic E-state index is 12.7.